The number of para-hydroxylation sites is 1. The third-order valence-corrected chi connectivity index (χ3v) is 2.64. The van der Waals surface area contributed by atoms with E-state index in [0.29, 0.717) is 5.69 Å². The third kappa shape index (κ3) is 4.71. The van der Waals surface area contributed by atoms with Crippen molar-refractivity contribution in [1.82, 2.24) is 5.32 Å². The van der Waals surface area contributed by atoms with Crippen LogP contribution in [0.4, 0.5) is 5.69 Å². The summed E-state index contributed by atoms with van der Waals surface area (Å²) in [5, 5.41) is 13.8. The van der Waals surface area contributed by atoms with Gasteiger partial charge in [-0.3, -0.25) is 9.59 Å². The van der Waals surface area contributed by atoms with Crippen LogP contribution in [0.25, 0.3) is 0 Å². The van der Waals surface area contributed by atoms with Gasteiger partial charge in [0.1, 0.15) is 0 Å². The van der Waals surface area contributed by atoms with Gasteiger partial charge in [0.05, 0.1) is 6.61 Å². The van der Waals surface area contributed by atoms with Gasteiger partial charge in [-0.2, -0.15) is 0 Å². The number of aryl methyl sites for hydroxylation is 1. The van der Waals surface area contributed by atoms with Gasteiger partial charge in [-0.05, 0) is 25.0 Å². The van der Waals surface area contributed by atoms with Gasteiger partial charge < -0.3 is 15.7 Å². The van der Waals surface area contributed by atoms with Gasteiger partial charge in [0.25, 0.3) is 0 Å². The van der Waals surface area contributed by atoms with E-state index in [0.717, 1.165) is 18.4 Å². The molecule has 0 spiro atoms. The Morgan fingerprint density at radius 3 is 2.58 bits per heavy atom. The summed E-state index contributed by atoms with van der Waals surface area (Å²) >= 11 is 0. The maximum absolute atomic E-state index is 11.7. The standard InChI is InChI=1S/C14H20N2O3/c1-3-6-11-7-4-5-8-12(11)16-14(19)13(18)15-10(2)9-17/h4-5,7-8,10,17H,3,6,9H2,1-2H3,(H,15,18)(H,16,19). The van der Waals surface area contributed by atoms with E-state index in [2.05, 4.69) is 10.6 Å². The van der Waals surface area contributed by atoms with E-state index in [9.17, 15) is 9.59 Å². The molecule has 0 aliphatic heterocycles. The van der Waals surface area contributed by atoms with Gasteiger partial charge >= 0.3 is 11.8 Å². The average molecular weight is 264 g/mol. The molecule has 104 valence electrons. The zero-order valence-electron chi connectivity index (χ0n) is 11.3. The molecular weight excluding hydrogens is 244 g/mol. The predicted molar refractivity (Wildman–Crippen MR) is 73.8 cm³/mol. The summed E-state index contributed by atoms with van der Waals surface area (Å²) in [5.41, 5.74) is 1.66. The number of hydrogen-bond acceptors (Lipinski definition) is 3. The molecule has 0 aromatic heterocycles. The molecule has 0 aliphatic rings. The van der Waals surface area contributed by atoms with Gasteiger partial charge in [0.2, 0.25) is 0 Å². The van der Waals surface area contributed by atoms with Crippen molar-refractivity contribution in [3.05, 3.63) is 29.8 Å². The normalized spacial score (nSPS) is 11.7. The smallest absolute Gasteiger partial charge is 0.313 e. The van der Waals surface area contributed by atoms with Crippen molar-refractivity contribution in [2.24, 2.45) is 0 Å². The minimum absolute atomic E-state index is 0.203. The van der Waals surface area contributed by atoms with E-state index in [1.807, 2.05) is 25.1 Å². The second kappa shape index (κ2) is 7.53. The fourth-order valence-electron chi connectivity index (χ4n) is 1.64. The zero-order chi connectivity index (χ0) is 14.3. The second-order valence-corrected chi connectivity index (χ2v) is 4.42. The Balaban J connectivity index is 2.68. The number of benzene rings is 1. The van der Waals surface area contributed by atoms with Crippen molar-refractivity contribution in [2.75, 3.05) is 11.9 Å². The van der Waals surface area contributed by atoms with Crippen LogP contribution < -0.4 is 10.6 Å². The number of aliphatic hydroxyl groups is 1. The van der Waals surface area contributed by atoms with Crippen molar-refractivity contribution < 1.29 is 14.7 Å². The van der Waals surface area contributed by atoms with Crippen molar-refractivity contribution >= 4 is 17.5 Å². The van der Waals surface area contributed by atoms with Gasteiger partial charge in [-0.25, -0.2) is 0 Å². The molecule has 2 amide bonds. The molecular formula is C14H20N2O3. The Labute approximate surface area is 113 Å². The lowest BCUT2D eigenvalue weighted by atomic mass is 10.1. The molecule has 0 saturated heterocycles. The molecule has 1 atom stereocenters. The molecule has 0 heterocycles. The Bertz CT molecular complexity index is 446. The van der Waals surface area contributed by atoms with Crippen LogP contribution in [0.2, 0.25) is 0 Å². The van der Waals surface area contributed by atoms with Crippen LogP contribution in [0.15, 0.2) is 24.3 Å². The van der Waals surface area contributed by atoms with Crippen molar-refractivity contribution in [2.45, 2.75) is 32.7 Å². The molecule has 0 bridgehead atoms. The Morgan fingerprint density at radius 2 is 1.95 bits per heavy atom. The molecule has 1 rings (SSSR count). The SMILES string of the molecule is CCCc1ccccc1NC(=O)C(=O)NC(C)CO. The maximum Gasteiger partial charge on any atom is 0.313 e. The maximum atomic E-state index is 11.7. The van der Waals surface area contributed by atoms with Gasteiger partial charge in [0.15, 0.2) is 0 Å². The summed E-state index contributed by atoms with van der Waals surface area (Å²) in [7, 11) is 0. The summed E-state index contributed by atoms with van der Waals surface area (Å²) in [4.78, 5) is 23.3. The van der Waals surface area contributed by atoms with Gasteiger partial charge in [0, 0.05) is 11.7 Å². The van der Waals surface area contributed by atoms with E-state index in [4.69, 9.17) is 5.11 Å². The van der Waals surface area contributed by atoms with Crippen LogP contribution in [0.3, 0.4) is 0 Å². The molecule has 5 heteroatoms. The van der Waals surface area contributed by atoms with Crippen molar-refractivity contribution in [1.29, 1.82) is 0 Å². The molecule has 0 radical (unpaired) electrons. The third-order valence-electron chi connectivity index (χ3n) is 2.64. The number of carbonyl (C=O) groups is 2. The first-order chi connectivity index (χ1) is 9.08. The van der Waals surface area contributed by atoms with Crippen LogP contribution in [-0.4, -0.2) is 29.6 Å². The number of anilines is 1. The summed E-state index contributed by atoms with van der Waals surface area (Å²) in [6.07, 6.45) is 1.80. The van der Waals surface area contributed by atoms with E-state index in [1.54, 1.807) is 13.0 Å². The zero-order valence-corrected chi connectivity index (χ0v) is 11.3. The Morgan fingerprint density at radius 1 is 1.26 bits per heavy atom. The molecule has 1 unspecified atom stereocenters. The molecule has 19 heavy (non-hydrogen) atoms. The quantitative estimate of drug-likeness (QED) is 0.696. The molecule has 1 aromatic rings. The topological polar surface area (TPSA) is 78.4 Å². The number of aliphatic hydroxyl groups excluding tert-OH is 1. The van der Waals surface area contributed by atoms with Crippen molar-refractivity contribution in [3.8, 4) is 0 Å². The molecule has 0 aliphatic carbocycles. The van der Waals surface area contributed by atoms with E-state index in [-0.39, 0.29) is 6.61 Å². The highest BCUT2D eigenvalue weighted by atomic mass is 16.3. The summed E-state index contributed by atoms with van der Waals surface area (Å²) in [6.45, 7) is 3.47. The highest BCUT2D eigenvalue weighted by molar-refractivity contribution is 6.39. The average Bonchev–Trinajstić information content (AvgIpc) is 2.41. The fourth-order valence-corrected chi connectivity index (χ4v) is 1.64. The number of rotatable bonds is 5. The minimum atomic E-state index is -0.743. The first-order valence-electron chi connectivity index (χ1n) is 6.39. The lowest BCUT2D eigenvalue weighted by Crippen LogP contribution is -2.42. The largest absolute Gasteiger partial charge is 0.394 e. The molecule has 0 saturated carbocycles. The number of carbonyl (C=O) groups excluding carboxylic acids is 2. The van der Waals surface area contributed by atoms with Crippen LogP contribution in [-0.2, 0) is 16.0 Å². The lowest BCUT2D eigenvalue weighted by Gasteiger charge is -2.12. The Kier molecular flexibility index (Phi) is 6.02. The van der Waals surface area contributed by atoms with Crippen LogP contribution in [0.5, 0.6) is 0 Å². The van der Waals surface area contributed by atoms with Crippen LogP contribution in [0.1, 0.15) is 25.8 Å². The van der Waals surface area contributed by atoms with E-state index >= 15 is 0 Å². The molecule has 1 aromatic carbocycles. The summed E-state index contributed by atoms with van der Waals surface area (Å²) in [6, 6.07) is 6.96. The second-order valence-electron chi connectivity index (χ2n) is 4.42. The number of hydrogen-bond donors (Lipinski definition) is 3. The minimum Gasteiger partial charge on any atom is -0.394 e. The highest BCUT2D eigenvalue weighted by Crippen LogP contribution is 2.16. The summed E-state index contributed by atoms with van der Waals surface area (Å²) in [5.74, 6) is -1.46. The van der Waals surface area contributed by atoms with Crippen LogP contribution >= 0.6 is 0 Å². The summed E-state index contributed by atoms with van der Waals surface area (Å²) < 4.78 is 0. The first-order valence-corrected chi connectivity index (χ1v) is 6.39. The van der Waals surface area contributed by atoms with E-state index in [1.165, 1.54) is 0 Å². The number of amides is 2. The molecule has 0 fully saturated rings. The van der Waals surface area contributed by atoms with Gasteiger partial charge in [-0.1, -0.05) is 31.5 Å². The van der Waals surface area contributed by atoms with Crippen molar-refractivity contribution in [3.63, 3.8) is 0 Å². The fraction of sp³-hybridized carbons (Fsp3) is 0.429. The number of nitrogens with one attached hydrogen (secondary N) is 2. The van der Waals surface area contributed by atoms with E-state index < -0.39 is 17.9 Å². The lowest BCUT2D eigenvalue weighted by molar-refractivity contribution is -0.136. The monoisotopic (exact) mass is 264 g/mol. The molecule has 5 nitrogen and oxygen atoms in total. The first kappa shape index (κ1) is 15.2. The molecule has 3 N–H and O–H groups in total. The van der Waals surface area contributed by atoms with Gasteiger partial charge in [-0.15, -0.1) is 0 Å². The highest BCUT2D eigenvalue weighted by Gasteiger charge is 2.16. The predicted octanol–water partition coefficient (Wildman–Crippen LogP) is 1.07. The van der Waals surface area contributed by atoms with Crippen LogP contribution in [0, 0.1) is 0 Å². The Hall–Kier alpha value is -1.88.